The highest BCUT2D eigenvalue weighted by atomic mass is 79.9. The van der Waals surface area contributed by atoms with E-state index < -0.39 is 0 Å². The van der Waals surface area contributed by atoms with Crippen LogP contribution < -0.4 is 10.5 Å². The van der Waals surface area contributed by atoms with Crippen LogP contribution in [0, 0.1) is 0 Å². The van der Waals surface area contributed by atoms with Gasteiger partial charge in [0.1, 0.15) is 5.75 Å². The van der Waals surface area contributed by atoms with E-state index in [4.69, 9.17) is 10.5 Å². The van der Waals surface area contributed by atoms with Crippen molar-refractivity contribution in [3.05, 3.63) is 28.2 Å². The lowest BCUT2D eigenvalue weighted by atomic mass is 10.0. The Morgan fingerprint density at radius 3 is 2.39 bits per heavy atom. The van der Waals surface area contributed by atoms with Gasteiger partial charge >= 0.3 is 0 Å². The zero-order valence-electron chi connectivity index (χ0n) is 11.6. The predicted octanol–water partition coefficient (Wildman–Crippen LogP) is 4.30. The second-order valence-electron chi connectivity index (χ2n) is 4.66. The third kappa shape index (κ3) is 4.29. The molecule has 18 heavy (non-hydrogen) atoms. The fraction of sp³-hybridized carbons (Fsp3) is 0.600. The average Bonchev–Trinajstić information content (AvgIpc) is 2.38. The van der Waals surface area contributed by atoms with Gasteiger partial charge in [-0.25, -0.2) is 0 Å². The van der Waals surface area contributed by atoms with Gasteiger partial charge in [-0.15, -0.1) is 0 Å². The van der Waals surface area contributed by atoms with Gasteiger partial charge in [0.15, 0.2) is 0 Å². The molecule has 0 heterocycles. The van der Waals surface area contributed by atoms with Crippen molar-refractivity contribution in [1.82, 2.24) is 0 Å². The molecule has 0 aliphatic rings. The van der Waals surface area contributed by atoms with E-state index in [0.29, 0.717) is 0 Å². The molecule has 0 spiro atoms. The van der Waals surface area contributed by atoms with Crippen LogP contribution in [0.5, 0.6) is 5.75 Å². The molecule has 1 aromatic carbocycles. The lowest BCUT2D eigenvalue weighted by Gasteiger charge is -2.21. The zero-order valence-corrected chi connectivity index (χ0v) is 13.2. The maximum absolute atomic E-state index is 6.12. The van der Waals surface area contributed by atoms with E-state index in [9.17, 15) is 0 Å². The largest absolute Gasteiger partial charge is 0.489 e. The average molecular weight is 314 g/mol. The summed E-state index contributed by atoms with van der Waals surface area (Å²) in [5, 5.41) is 0. The SMILES string of the molecule is CCC(N)Cc1cccc(Br)c1OC(CC)CC. The molecule has 0 aromatic heterocycles. The second-order valence-corrected chi connectivity index (χ2v) is 5.51. The van der Waals surface area contributed by atoms with Gasteiger partial charge in [0.25, 0.3) is 0 Å². The molecule has 0 aliphatic heterocycles. The van der Waals surface area contributed by atoms with E-state index in [1.165, 1.54) is 5.56 Å². The Bertz CT molecular complexity index is 364. The van der Waals surface area contributed by atoms with E-state index >= 15 is 0 Å². The first-order valence-electron chi connectivity index (χ1n) is 6.81. The van der Waals surface area contributed by atoms with Gasteiger partial charge in [-0.1, -0.05) is 32.9 Å². The van der Waals surface area contributed by atoms with E-state index in [2.05, 4.69) is 42.8 Å². The Labute approximate surface area is 119 Å². The normalized spacial score (nSPS) is 12.8. The van der Waals surface area contributed by atoms with Crippen molar-refractivity contribution < 1.29 is 4.74 Å². The van der Waals surface area contributed by atoms with Crippen LogP contribution in [0.15, 0.2) is 22.7 Å². The molecule has 1 unspecified atom stereocenters. The molecule has 1 aromatic rings. The number of hydrogen-bond acceptors (Lipinski definition) is 2. The van der Waals surface area contributed by atoms with Crippen LogP contribution in [0.3, 0.4) is 0 Å². The maximum Gasteiger partial charge on any atom is 0.137 e. The monoisotopic (exact) mass is 313 g/mol. The summed E-state index contributed by atoms with van der Waals surface area (Å²) in [5.74, 6) is 0.968. The summed E-state index contributed by atoms with van der Waals surface area (Å²) in [6.45, 7) is 6.43. The molecule has 2 nitrogen and oxygen atoms in total. The molecule has 0 saturated carbocycles. The number of rotatable bonds is 7. The minimum absolute atomic E-state index is 0.198. The summed E-state index contributed by atoms with van der Waals surface area (Å²) in [6, 6.07) is 6.38. The number of para-hydroxylation sites is 1. The van der Waals surface area contributed by atoms with Crippen LogP contribution >= 0.6 is 15.9 Å². The summed E-state index contributed by atoms with van der Waals surface area (Å²) in [4.78, 5) is 0. The smallest absolute Gasteiger partial charge is 0.137 e. The van der Waals surface area contributed by atoms with Crippen molar-refractivity contribution in [2.75, 3.05) is 0 Å². The van der Waals surface area contributed by atoms with Crippen molar-refractivity contribution in [2.24, 2.45) is 5.73 Å². The van der Waals surface area contributed by atoms with Crippen LogP contribution in [0.4, 0.5) is 0 Å². The Hall–Kier alpha value is -0.540. The highest BCUT2D eigenvalue weighted by molar-refractivity contribution is 9.10. The molecule has 0 radical (unpaired) electrons. The maximum atomic E-state index is 6.12. The summed E-state index contributed by atoms with van der Waals surface area (Å²) in [6.07, 6.45) is 4.18. The molecule has 0 aliphatic carbocycles. The van der Waals surface area contributed by atoms with Gasteiger partial charge in [0, 0.05) is 6.04 Å². The van der Waals surface area contributed by atoms with Crippen LogP contribution in [0.2, 0.25) is 0 Å². The number of ether oxygens (including phenoxy) is 1. The van der Waals surface area contributed by atoms with Crippen LogP contribution in [0.1, 0.15) is 45.6 Å². The topological polar surface area (TPSA) is 35.2 Å². The van der Waals surface area contributed by atoms with Gasteiger partial charge in [-0.2, -0.15) is 0 Å². The molecule has 2 N–H and O–H groups in total. The number of halogens is 1. The number of nitrogens with two attached hydrogens (primary N) is 1. The number of hydrogen-bond donors (Lipinski definition) is 1. The van der Waals surface area contributed by atoms with E-state index in [1.54, 1.807) is 0 Å². The van der Waals surface area contributed by atoms with Gasteiger partial charge < -0.3 is 10.5 Å². The van der Waals surface area contributed by atoms with Crippen molar-refractivity contribution in [3.8, 4) is 5.75 Å². The molecule has 0 amide bonds. The fourth-order valence-electron chi connectivity index (χ4n) is 1.90. The van der Waals surface area contributed by atoms with Crippen molar-refractivity contribution in [3.63, 3.8) is 0 Å². The molecule has 102 valence electrons. The molecule has 3 heteroatoms. The molecule has 0 bridgehead atoms. The third-order valence-electron chi connectivity index (χ3n) is 3.25. The summed E-state index contributed by atoms with van der Waals surface area (Å²) >= 11 is 3.58. The minimum Gasteiger partial charge on any atom is -0.489 e. The summed E-state index contributed by atoms with van der Waals surface area (Å²) in [7, 11) is 0. The van der Waals surface area contributed by atoms with Gasteiger partial charge in [-0.3, -0.25) is 0 Å². The molecule has 1 atom stereocenters. The lowest BCUT2D eigenvalue weighted by Crippen LogP contribution is -2.22. The minimum atomic E-state index is 0.198. The van der Waals surface area contributed by atoms with E-state index in [1.807, 2.05) is 12.1 Å². The first-order chi connectivity index (χ1) is 8.62. The molecular weight excluding hydrogens is 290 g/mol. The first-order valence-corrected chi connectivity index (χ1v) is 7.61. The highest BCUT2D eigenvalue weighted by Crippen LogP contribution is 2.31. The van der Waals surface area contributed by atoms with Crippen molar-refractivity contribution in [2.45, 2.75) is 58.6 Å². The summed E-state index contributed by atoms with van der Waals surface area (Å²) in [5.41, 5.74) is 7.25. The highest BCUT2D eigenvalue weighted by Gasteiger charge is 2.14. The van der Waals surface area contributed by atoms with Crippen LogP contribution in [-0.2, 0) is 6.42 Å². The quantitative estimate of drug-likeness (QED) is 0.814. The molecule has 1 rings (SSSR count). The Balaban J connectivity index is 2.92. The predicted molar refractivity (Wildman–Crippen MR) is 81.1 cm³/mol. The van der Waals surface area contributed by atoms with Crippen LogP contribution in [0.25, 0.3) is 0 Å². The van der Waals surface area contributed by atoms with Crippen LogP contribution in [-0.4, -0.2) is 12.1 Å². The first kappa shape index (κ1) is 15.5. The van der Waals surface area contributed by atoms with Gasteiger partial charge in [0.05, 0.1) is 10.6 Å². The van der Waals surface area contributed by atoms with Crippen molar-refractivity contribution in [1.29, 1.82) is 0 Å². The van der Waals surface area contributed by atoms with Crippen molar-refractivity contribution >= 4 is 15.9 Å². The Morgan fingerprint density at radius 2 is 1.83 bits per heavy atom. The Kier molecular flexibility index (Phi) is 6.72. The van der Waals surface area contributed by atoms with Gasteiger partial charge in [-0.05, 0) is 53.2 Å². The van der Waals surface area contributed by atoms with E-state index in [-0.39, 0.29) is 12.1 Å². The lowest BCUT2D eigenvalue weighted by molar-refractivity contribution is 0.189. The standard InChI is InChI=1S/C15H24BrNO/c1-4-12(17)10-11-8-7-9-14(16)15(11)18-13(5-2)6-3/h7-9,12-13H,4-6,10,17H2,1-3H3. The number of benzene rings is 1. The Morgan fingerprint density at radius 1 is 1.17 bits per heavy atom. The molecule has 0 fully saturated rings. The van der Waals surface area contributed by atoms with E-state index in [0.717, 1.165) is 35.9 Å². The van der Waals surface area contributed by atoms with Gasteiger partial charge in [0.2, 0.25) is 0 Å². The molecular formula is C15H24BrNO. The summed E-state index contributed by atoms with van der Waals surface area (Å²) < 4.78 is 7.14. The zero-order chi connectivity index (χ0) is 13.5. The molecule has 0 saturated heterocycles. The fourth-order valence-corrected chi connectivity index (χ4v) is 2.40. The third-order valence-corrected chi connectivity index (χ3v) is 3.87. The second kappa shape index (κ2) is 7.80.